The molecule has 66 valence electrons. The molecular formula is C12H18. The molecule has 0 fully saturated rings. The number of allylic oxidation sites excluding steroid dienone is 5. The van der Waals surface area contributed by atoms with E-state index in [2.05, 4.69) is 26.7 Å². The van der Waals surface area contributed by atoms with Crippen molar-refractivity contribution in [3.05, 3.63) is 48.6 Å². The summed E-state index contributed by atoms with van der Waals surface area (Å²) in [6, 6.07) is 0. The second kappa shape index (κ2) is 5.59. The second-order valence-corrected chi connectivity index (χ2v) is 2.83. The Labute approximate surface area is 76.0 Å². The van der Waals surface area contributed by atoms with Gasteiger partial charge in [0.05, 0.1) is 0 Å². The minimum Gasteiger partial charge on any atom is -0.103 e. The lowest BCUT2D eigenvalue weighted by atomic mass is 9.97. The van der Waals surface area contributed by atoms with E-state index in [9.17, 15) is 0 Å². The monoisotopic (exact) mass is 162 g/mol. The Balaban J connectivity index is 4.87. The molecule has 12 heavy (non-hydrogen) atoms. The maximum atomic E-state index is 3.94. The highest BCUT2D eigenvalue weighted by Gasteiger charge is 2.00. The van der Waals surface area contributed by atoms with Crippen molar-refractivity contribution >= 4 is 0 Å². The minimum absolute atomic E-state index is 0.893. The van der Waals surface area contributed by atoms with Gasteiger partial charge < -0.3 is 0 Å². The highest BCUT2D eigenvalue weighted by atomic mass is 14.1. The molecule has 0 rings (SSSR count). The van der Waals surface area contributed by atoms with E-state index in [1.54, 1.807) is 0 Å². The van der Waals surface area contributed by atoms with Crippen molar-refractivity contribution in [2.75, 3.05) is 0 Å². The fourth-order valence-electron chi connectivity index (χ4n) is 1.20. The molecule has 0 aromatic carbocycles. The quantitative estimate of drug-likeness (QED) is 0.423. The molecule has 0 radical (unpaired) electrons. The van der Waals surface area contributed by atoms with E-state index in [1.165, 1.54) is 11.1 Å². The summed E-state index contributed by atoms with van der Waals surface area (Å²) in [4.78, 5) is 0. The first-order chi connectivity index (χ1) is 5.67. The zero-order chi connectivity index (χ0) is 9.56. The van der Waals surface area contributed by atoms with Gasteiger partial charge in [-0.3, -0.25) is 0 Å². The van der Waals surface area contributed by atoms with E-state index in [1.807, 2.05) is 19.1 Å². The van der Waals surface area contributed by atoms with Crippen molar-refractivity contribution in [2.24, 2.45) is 0 Å². The van der Waals surface area contributed by atoms with Crippen LogP contribution in [0.25, 0.3) is 0 Å². The van der Waals surface area contributed by atoms with Gasteiger partial charge in [0.15, 0.2) is 0 Å². The average Bonchev–Trinajstić information content (AvgIpc) is 2.05. The summed E-state index contributed by atoms with van der Waals surface area (Å²) in [5.74, 6) is 0. The third-order valence-corrected chi connectivity index (χ3v) is 1.88. The van der Waals surface area contributed by atoms with E-state index < -0.39 is 0 Å². The Hall–Kier alpha value is -1.04. The van der Waals surface area contributed by atoms with Crippen molar-refractivity contribution in [1.29, 1.82) is 0 Å². The maximum Gasteiger partial charge on any atom is -0.00950 e. The first kappa shape index (κ1) is 11.0. The van der Waals surface area contributed by atoms with E-state index >= 15 is 0 Å². The van der Waals surface area contributed by atoms with Gasteiger partial charge in [-0.2, -0.15) is 0 Å². The van der Waals surface area contributed by atoms with Crippen molar-refractivity contribution in [3.63, 3.8) is 0 Å². The molecule has 0 aromatic rings. The molecule has 0 unspecified atom stereocenters. The van der Waals surface area contributed by atoms with Gasteiger partial charge in [0, 0.05) is 0 Å². The van der Waals surface area contributed by atoms with Crippen LogP contribution in [0.1, 0.15) is 26.7 Å². The lowest BCUT2D eigenvalue weighted by Crippen LogP contribution is -1.89. The van der Waals surface area contributed by atoms with Crippen LogP contribution in [0.3, 0.4) is 0 Å². The standard InChI is InChI=1S/C12H18/c1-6-9-12(10(4)5)11(7-2)8-3/h6-7H,1-2,4,8-9H2,3,5H3. The summed E-state index contributed by atoms with van der Waals surface area (Å²) < 4.78 is 0. The van der Waals surface area contributed by atoms with E-state index in [0.717, 1.165) is 18.4 Å². The highest BCUT2D eigenvalue weighted by Crippen LogP contribution is 2.20. The van der Waals surface area contributed by atoms with Crippen molar-refractivity contribution in [2.45, 2.75) is 26.7 Å². The van der Waals surface area contributed by atoms with Gasteiger partial charge in [-0.05, 0) is 30.9 Å². The van der Waals surface area contributed by atoms with Crippen LogP contribution in [0.15, 0.2) is 48.6 Å². The topological polar surface area (TPSA) is 0 Å². The molecule has 0 aliphatic heterocycles. The van der Waals surface area contributed by atoms with Gasteiger partial charge in [0.1, 0.15) is 0 Å². The molecule has 0 N–H and O–H groups in total. The molecule has 0 heterocycles. The van der Waals surface area contributed by atoms with Gasteiger partial charge >= 0.3 is 0 Å². The van der Waals surface area contributed by atoms with Crippen LogP contribution >= 0.6 is 0 Å². The molecule has 0 aliphatic rings. The lowest BCUT2D eigenvalue weighted by molar-refractivity contribution is 1.07. The summed E-state index contributed by atoms with van der Waals surface area (Å²) >= 11 is 0. The summed E-state index contributed by atoms with van der Waals surface area (Å²) in [5, 5.41) is 0. The molecule has 0 bridgehead atoms. The molecule has 0 nitrogen and oxygen atoms in total. The lowest BCUT2D eigenvalue weighted by Gasteiger charge is -2.08. The van der Waals surface area contributed by atoms with Gasteiger partial charge in [0.25, 0.3) is 0 Å². The molecule has 0 aromatic heterocycles. The molecule has 0 spiro atoms. The minimum atomic E-state index is 0.893. The van der Waals surface area contributed by atoms with Crippen molar-refractivity contribution in [3.8, 4) is 0 Å². The first-order valence-electron chi connectivity index (χ1n) is 4.28. The van der Waals surface area contributed by atoms with Crippen LogP contribution in [0, 0.1) is 0 Å². The van der Waals surface area contributed by atoms with Gasteiger partial charge in [-0.1, -0.05) is 37.8 Å². The third-order valence-electron chi connectivity index (χ3n) is 1.88. The van der Waals surface area contributed by atoms with Crippen molar-refractivity contribution < 1.29 is 0 Å². The van der Waals surface area contributed by atoms with Crippen LogP contribution in [-0.4, -0.2) is 0 Å². The molecule has 0 atom stereocenters. The molecule has 0 saturated carbocycles. The van der Waals surface area contributed by atoms with Gasteiger partial charge in [-0.15, -0.1) is 6.58 Å². The van der Waals surface area contributed by atoms with Crippen LogP contribution in [0.5, 0.6) is 0 Å². The Bertz CT molecular complexity index is 216. The average molecular weight is 162 g/mol. The van der Waals surface area contributed by atoms with Crippen LogP contribution in [0.4, 0.5) is 0 Å². The number of rotatable bonds is 5. The zero-order valence-electron chi connectivity index (χ0n) is 8.19. The SMILES string of the molecule is C=CCC(C(=C)C)=C(C=C)CC. The second-order valence-electron chi connectivity index (χ2n) is 2.83. The fourth-order valence-corrected chi connectivity index (χ4v) is 1.20. The van der Waals surface area contributed by atoms with Crippen LogP contribution < -0.4 is 0 Å². The van der Waals surface area contributed by atoms with Crippen LogP contribution in [-0.2, 0) is 0 Å². The molecule has 0 heteroatoms. The van der Waals surface area contributed by atoms with Gasteiger partial charge in [0.2, 0.25) is 0 Å². The Morgan fingerprint density at radius 2 is 1.92 bits per heavy atom. The van der Waals surface area contributed by atoms with Crippen LogP contribution in [0.2, 0.25) is 0 Å². The summed E-state index contributed by atoms with van der Waals surface area (Å²) in [6.45, 7) is 15.6. The fraction of sp³-hybridized carbons (Fsp3) is 0.333. The Morgan fingerprint density at radius 3 is 2.17 bits per heavy atom. The van der Waals surface area contributed by atoms with E-state index in [4.69, 9.17) is 0 Å². The number of hydrogen-bond donors (Lipinski definition) is 0. The predicted molar refractivity (Wildman–Crippen MR) is 57.1 cm³/mol. The third kappa shape index (κ3) is 2.91. The van der Waals surface area contributed by atoms with Crippen molar-refractivity contribution in [1.82, 2.24) is 0 Å². The normalized spacial score (nSPS) is 11.8. The highest BCUT2D eigenvalue weighted by molar-refractivity contribution is 5.38. The van der Waals surface area contributed by atoms with E-state index in [0.29, 0.717) is 0 Å². The largest absolute Gasteiger partial charge is 0.103 e. The molecule has 0 saturated heterocycles. The molecule has 0 amide bonds. The van der Waals surface area contributed by atoms with Gasteiger partial charge in [-0.25, -0.2) is 0 Å². The summed E-state index contributed by atoms with van der Waals surface area (Å²) in [7, 11) is 0. The Morgan fingerprint density at radius 1 is 1.33 bits per heavy atom. The summed E-state index contributed by atoms with van der Waals surface area (Å²) in [6.07, 6.45) is 5.72. The smallest absolute Gasteiger partial charge is 0.00950 e. The molecule has 0 aliphatic carbocycles. The molecular weight excluding hydrogens is 144 g/mol. The van der Waals surface area contributed by atoms with E-state index in [-0.39, 0.29) is 0 Å². The first-order valence-corrected chi connectivity index (χ1v) is 4.28. The predicted octanol–water partition coefficient (Wildman–Crippen LogP) is 4.03. The Kier molecular flexibility index (Phi) is 5.11. The maximum absolute atomic E-state index is 3.94. The number of hydrogen-bond acceptors (Lipinski definition) is 0. The summed E-state index contributed by atoms with van der Waals surface area (Å²) in [5.41, 5.74) is 3.68. The zero-order valence-corrected chi connectivity index (χ0v) is 8.19.